The highest BCUT2D eigenvalue weighted by Gasteiger charge is 2.28. The van der Waals surface area contributed by atoms with E-state index in [9.17, 15) is 9.59 Å². The van der Waals surface area contributed by atoms with E-state index in [4.69, 9.17) is 4.74 Å². The summed E-state index contributed by atoms with van der Waals surface area (Å²) in [6, 6.07) is 15.1. The highest BCUT2D eigenvalue weighted by atomic mass is 16.5. The van der Waals surface area contributed by atoms with Crippen LogP contribution in [0.4, 0.5) is 0 Å². The maximum Gasteiger partial charge on any atom is 0.261 e. The first-order valence-electron chi connectivity index (χ1n) is 10.3. The maximum absolute atomic E-state index is 13.1. The summed E-state index contributed by atoms with van der Waals surface area (Å²) in [7, 11) is 0. The van der Waals surface area contributed by atoms with Crippen molar-refractivity contribution in [1.82, 2.24) is 10.2 Å². The van der Waals surface area contributed by atoms with E-state index >= 15 is 0 Å². The molecule has 0 fully saturated rings. The molecule has 2 aromatic rings. The fourth-order valence-corrected chi connectivity index (χ4v) is 3.31. The minimum atomic E-state index is -0.530. The Morgan fingerprint density at radius 3 is 2.28 bits per heavy atom. The summed E-state index contributed by atoms with van der Waals surface area (Å²) >= 11 is 0. The van der Waals surface area contributed by atoms with Crippen molar-refractivity contribution in [3.63, 3.8) is 0 Å². The second-order valence-electron chi connectivity index (χ2n) is 7.33. The third kappa shape index (κ3) is 6.93. The molecule has 1 atom stereocenters. The Kier molecular flexibility index (Phi) is 8.71. The Hall–Kier alpha value is -2.82. The predicted octanol–water partition coefficient (Wildman–Crippen LogP) is 4.02. The van der Waals surface area contributed by atoms with Gasteiger partial charge in [0.25, 0.3) is 5.91 Å². The standard InChI is InChI=1S/C24H32N2O3/c1-5-12-25-24(28)22(6-2)26(16-20-10-8-7-9-11-20)23(27)17-29-21-14-18(3)13-19(4)15-21/h7-11,13-15,22H,5-6,12,16-17H2,1-4H3,(H,25,28)/t22-/m0/s1. The van der Waals surface area contributed by atoms with Gasteiger partial charge in [-0.2, -0.15) is 0 Å². The SMILES string of the molecule is CCCNC(=O)[C@H](CC)N(Cc1ccccc1)C(=O)COc1cc(C)cc(C)c1. The number of carbonyl (C=O) groups is 2. The second-order valence-corrected chi connectivity index (χ2v) is 7.33. The number of rotatable bonds is 10. The van der Waals surface area contributed by atoms with Gasteiger partial charge in [-0.1, -0.05) is 50.2 Å². The molecular formula is C24H32N2O3. The number of hydrogen-bond donors (Lipinski definition) is 1. The van der Waals surface area contributed by atoms with Gasteiger partial charge in [0.05, 0.1) is 0 Å². The van der Waals surface area contributed by atoms with Gasteiger partial charge in [0, 0.05) is 13.1 Å². The number of amides is 2. The third-order valence-electron chi connectivity index (χ3n) is 4.69. The number of carbonyl (C=O) groups excluding carboxylic acids is 2. The first-order chi connectivity index (χ1) is 13.9. The molecule has 2 rings (SSSR count). The summed E-state index contributed by atoms with van der Waals surface area (Å²) in [5.41, 5.74) is 3.15. The number of aryl methyl sites for hydroxylation is 2. The van der Waals surface area contributed by atoms with Gasteiger partial charge < -0.3 is 15.0 Å². The van der Waals surface area contributed by atoms with Crippen LogP contribution in [0.3, 0.4) is 0 Å². The van der Waals surface area contributed by atoms with E-state index < -0.39 is 6.04 Å². The average molecular weight is 397 g/mol. The monoisotopic (exact) mass is 396 g/mol. The van der Waals surface area contributed by atoms with E-state index in [2.05, 4.69) is 11.4 Å². The van der Waals surface area contributed by atoms with Crippen molar-refractivity contribution >= 4 is 11.8 Å². The summed E-state index contributed by atoms with van der Waals surface area (Å²) in [6.45, 7) is 8.78. The fourth-order valence-electron chi connectivity index (χ4n) is 3.31. The molecule has 0 saturated heterocycles. The summed E-state index contributed by atoms with van der Waals surface area (Å²) in [4.78, 5) is 27.4. The van der Waals surface area contributed by atoms with Crippen LogP contribution in [0, 0.1) is 13.8 Å². The fraction of sp³-hybridized carbons (Fsp3) is 0.417. The molecule has 1 N–H and O–H groups in total. The zero-order valence-corrected chi connectivity index (χ0v) is 17.9. The summed E-state index contributed by atoms with van der Waals surface area (Å²) in [5.74, 6) is 0.343. The van der Waals surface area contributed by atoms with E-state index in [-0.39, 0.29) is 18.4 Å². The molecule has 0 heterocycles. The lowest BCUT2D eigenvalue weighted by molar-refractivity contribution is -0.143. The Morgan fingerprint density at radius 1 is 1.03 bits per heavy atom. The van der Waals surface area contributed by atoms with Crippen LogP contribution in [0.25, 0.3) is 0 Å². The van der Waals surface area contributed by atoms with Crippen LogP contribution in [0.15, 0.2) is 48.5 Å². The molecule has 0 aliphatic carbocycles. The number of ether oxygens (including phenoxy) is 1. The number of hydrogen-bond acceptors (Lipinski definition) is 3. The molecule has 0 unspecified atom stereocenters. The lowest BCUT2D eigenvalue weighted by Gasteiger charge is -2.30. The van der Waals surface area contributed by atoms with Crippen molar-refractivity contribution in [3.8, 4) is 5.75 Å². The molecule has 0 spiro atoms. The van der Waals surface area contributed by atoms with E-state index in [0.29, 0.717) is 25.3 Å². The van der Waals surface area contributed by atoms with Crippen LogP contribution in [-0.4, -0.2) is 35.9 Å². The molecule has 2 aromatic carbocycles. The Labute approximate surface area is 174 Å². The van der Waals surface area contributed by atoms with E-state index in [1.54, 1.807) is 4.90 Å². The normalized spacial score (nSPS) is 11.6. The minimum Gasteiger partial charge on any atom is -0.484 e. The first kappa shape index (κ1) is 22.5. The molecule has 0 radical (unpaired) electrons. The van der Waals surface area contributed by atoms with Gasteiger partial charge in [-0.15, -0.1) is 0 Å². The van der Waals surface area contributed by atoms with Crippen molar-refractivity contribution < 1.29 is 14.3 Å². The van der Waals surface area contributed by atoms with Crippen LogP contribution < -0.4 is 10.1 Å². The van der Waals surface area contributed by atoms with Crippen LogP contribution in [-0.2, 0) is 16.1 Å². The molecule has 0 aliphatic heterocycles. The Bertz CT molecular complexity index is 785. The number of nitrogens with one attached hydrogen (secondary N) is 1. The zero-order valence-electron chi connectivity index (χ0n) is 17.9. The van der Waals surface area contributed by atoms with Crippen LogP contribution in [0.1, 0.15) is 43.4 Å². The maximum atomic E-state index is 13.1. The molecule has 0 bridgehead atoms. The Morgan fingerprint density at radius 2 is 1.69 bits per heavy atom. The molecular weight excluding hydrogens is 364 g/mol. The van der Waals surface area contributed by atoms with Crippen molar-refractivity contribution in [3.05, 3.63) is 65.2 Å². The zero-order chi connectivity index (χ0) is 21.2. The minimum absolute atomic E-state index is 0.104. The third-order valence-corrected chi connectivity index (χ3v) is 4.69. The Balaban J connectivity index is 2.17. The van der Waals surface area contributed by atoms with Gasteiger partial charge in [0.2, 0.25) is 5.91 Å². The smallest absolute Gasteiger partial charge is 0.261 e. The molecule has 156 valence electrons. The topological polar surface area (TPSA) is 58.6 Å². The average Bonchev–Trinajstić information content (AvgIpc) is 2.70. The number of nitrogens with zero attached hydrogens (tertiary/aromatic N) is 1. The molecule has 5 nitrogen and oxygen atoms in total. The largest absolute Gasteiger partial charge is 0.484 e. The van der Waals surface area contributed by atoms with Crippen LogP contribution >= 0.6 is 0 Å². The van der Waals surface area contributed by atoms with E-state index in [1.165, 1.54) is 0 Å². The molecule has 0 aromatic heterocycles. The predicted molar refractivity (Wildman–Crippen MR) is 116 cm³/mol. The first-order valence-corrected chi connectivity index (χ1v) is 10.3. The summed E-state index contributed by atoms with van der Waals surface area (Å²) in [5, 5.41) is 2.92. The van der Waals surface area contributed by atoms with Gasteiger partial charge in [-0.3, -0.25) is 9.59 Å². The van der Waals surface area contributed by atoms with Gasteiger partial charge in [0.15, 0.2) is 6.61 Å². The van der Waals surface area contributed by atoms with Crippen molar-refractivity contribution in [2.75, 3.05) is 13.2 Å². The second kappa shape index (κ2) is 11.2. The summed E-state index contributed by atoms with van der Waals surface area (Å²) < 4.78 is 5.78. The van der Waals surface area contributed by atoms with Gasteiger partial charge in [-0.05, 0) is 55.5 Å². The molecule has 5 heteroatoms. The van der Waals surface area contributed by atoms with Gasteiger partial charge >= 0.3 is 0 Å². The highest BCUT2D eigenvalue weighted by Crippen LogP contribution is 2.17. The van der Waals surface area contributed by atoms with Crippen molar-refractivity contribution in [2.24, 2.45) is 0 Å². The van der Waals surface area contributed by atoms with Crippen LogP contribution in [0.5, 0.6) is 5.75 Å². The van der Waals surface area contributed by atoms with Crippen molar-refractivity contribution in [2.45, 2.75) is 53.1 Å². The van der Waals surface area contributed by atoms with Gasteiger partial charge in [0.1, 0.15) is 11.8 Å². The van der Waals surface area contributed by atoms with E-state index in [0.717, 1.165) is 23.1 Å². The molecule has 0 saturated carbocycles. The highest BCUT2D eigenvalue weighted by molar-refractivity contribution is 5.88. The molecule has 2 amide bonds. The van der Waals surface area contributed by atoms with E-state index in [1.807, 2.05) is 70.2 Å². The lowest BCUT2D eigenvalue weighted by Crippen LogP contribution is -2.50. The summed E-state index contributed by atoms with van der Waals surface area (Å²) in [6.07, 6.45) is 1.39. The van der Waals surface area contributed by atoms with Crippen molar-refractivity contribution in [1.29, 1.82) is 0 Å². The lowest BCUT2D eigenvalue weighted by atomic mass is 10.1. The number of benzene rings is 2. The molecule has 29 heavy (non-hydrogen) atoms. The van der Waals surface area contributed by atoms with Crippen LogP contribution in [0.2, 0.25) is 0 Å². The van der Waals surface area contributed by atoms with Gasteiger partial charge in [-0.25, -0.2) is 0 Å². The molecule has 0 aliphatic rings. The quantitative estimate of drug-likeness (QED) is 0.660.